The zero-order valence-electron chi connectivity index (χ0n) is 21.9. The first kappa shape index (κ1) is 26.4. The highest BCUT2D eigenvalue weighted by Gasteiger charge is 2.67. The van der Waals surface area contributed by atoms with E-state index in [1.807, 2.05) is 56.3 Å². The molecule has 8 atom stereocenters. The first-order valence-electron chi connectivity index (χ1n) is 12.9. The second-order valence-electron chi connectivity index (χ2n) is 11.2. The van der Waals surface area contributed by atoms with E-state index in [1.54, 1.807) is 19.1 Å². The quantitative estimate of drug-likeness (QED) is 0.439. The molecule has 4 rings (SSSR count). The topological polar surface area (TPSA) is 95.9 Å². The van der Waals surface area contributed by atoms with Crippen molar-refractivity contribution in [2.75, 3.05) is 0 Å². The van der Waals surface area contributed by atoms with E-state index in [2.05, 4.69) is 12.2 Å². The maximum Gasteiger partial charge on any atom is 0.303 e. The smallest absolute Gasteiger partial charge is 0.303 e. The van der Waals surface area contributed by atoms with E-state index >= 15 is 0 Å². The molecule has 0 saturated carbocycles. The normalized spacial score (nSPS) is 40.4. The van der Waals surface area contributed by atoms with Crippen LogP contribution in [0.15, 0.2) is 65.8 Å². The largest absolute Gasteiger partial charge is 0.457 e. The maximum atomic E-state index is 14.2. The Morgan fingerprint density at radius 1 is 1.17 bits per heavy atom. The van der Waals surface area contributed by atoms with E-state index in [0.717, 1.165) is 16.7 Å². The molecule has 0 bridgehead atoms. The maximum absolute atomic E-state index is 14.2. The summed E-state index contributed by atoms with van der Waals surface area (Å²) in [5, 5.41) is 25.9. The van der Waals surface area contributed by atoms with E-state index in [0.29, 0.717) is 19.3 Å². The summed E-state index contributed by atoms with van der Waals surface area (Å²) in [5.74, 6) is -1.49. The number of rotatable bonds is 3. The highest BCUT2D eigenvalue weighted by Crippen LogP contribution is 2.57. The second-order valence-corrected chi connectivity index (χ2v) is 11.2. The highest BCUT2D eigenvalue weighted by atomic mass is 16.5. The zero-order valence-corrected chi connectivity index (χ0v) is 21.9. The van der Waals surface area contributed by atoms with Crippen LogP contribution in [0.5, 0.6) is 0 Å². The standard InChI is InChI=1S/C30H39NO5/c1-18-10-9-13-23-27(33)20(3)19(2)26-24(16-22-11-7-6-8-12-22)31-28(34)30(23,26)25(36-21(4)32)14-15-29(5,35)17-18/h6-9,11-15,18,23-27,33,35H,10,16-17H2,1-5H3,(H,31,34)/b13-9+,15-14+. The predicted octanol–water partition coefficient (Wildman–Crippen LogP) is 3.88. The van der Waals surface area contributed by atoms with Gasteiger partial charge in [-0.2, -0.15) is 0 Å². The lowest BCUT2D eigenvalue weighted by Gasteiger charge is -2.49. The fraction of sp³-hybridized carbons (Fsp3) is 0.533. The minimum absolute atomic E-state index is 0.181. The van der Waals surface area contributed by atoms with Gasteiger partial charge in [-0.3, -0.25) is 9.59 Å². The highest BCUT2D eigenvalue weighted by molar-refractivity contribution is 5.89. The predicted molar refractivity (Wildman–Crippen MR) is 139 cm³/mol. The number of carbonyl (C=O) groups excluding carboxylic acids is 2. The molecule has 194 valence electrons. The lowest BCUT2D eigenvalue weighted by molar-refractivity contribution is -0.161. The Kier molecular flexibility index (Phi) is 7.31. The molecule has 0 radical (unpaired) electrons. The molecule has 1 aromatic carbocycles. The number of hydrogen-bond acceptors (Lipinski definition) is 5. The first-order chi connectivity index (χ1) is 17.0. The summed E-state index contributed by atoms with van der Waals surface area (Å²) in [4.78, 5) is 26.5. The molecular formula is C30H39NO5. The molecule has 6 heteroatoms. The Bertz CT molecular complexity index is 1090. The van der Waals surface area contributed by atoms with E-state index in [9.17, 15) is 19.8 Å². The van der Waals surface area contributed by atoms with E-state index < -0.39 is 35.1 Å². The molecule has 6 nitrogen and oxygen atoms in total. The van der Waals surface area contributed by atoms with Crippen molar-refractivity contribution in [3.05, 3.63) is 71.3 Å². The average molecular weight is 494 g/mol. The number of hydrogen-bond donors (Lipinski definition) is 3. The second kappa shape index (κ2) is 9.98. The van der Waals surface area contributed by atoms with Crippen LogP contribution in [0.1, 0.15) is 53.0 Å². The van der Waals surface area contributed by atoms with Crippen LogP contribution in [0, 0.1) is 23.2 Å². The van der Waals surface area contributed by atoms with Crippen molar-refractivity contribution in [3.63, 3.8) is 0 Å². The van der Waals surface area contributed by atoms with Gasteiger partial charge in [-0.25, -0.2) is 0 Å². The van der Waals surface area contributed by atoms with Crippen molar-refractivity contribution in [2.45, 2.75) is 77.7 Å². The number of benzene rings is 1. The molecule has 1 aliphatic heterocycles. The van der Waals surface area contributed by atoms with Gasteiger partial charge in [0, 0.05) is 24.8 Å². The number of allylic oxidation sites excluding steroid dienone is 1. The Morgan fingerprint density at radius 3 is 2.53 bits per heavy atom. The lowest BCUT2D eigenvalue weighted by Crippen LogP contribution is -2.58. The molecule has 2 aliphatic carbocycles. The fourth-order valence-electron chi connectivity index (χ4n) is 6.76. The van der Waals surface area contributed by atoms with Crippen molar-refractivity contribution in [3.8, 4) is 0 Å². The molecule has 1 aromatic rings. The van der Waals surface area contributed by atoms with Crippen molar-refractivity contribution >= 4 is 11.9 Å². The first-order valence-corrected chi connectivity index (χ1v) is 12.9. The van der Waals surface area contributed by atoms with Gasteiger partial charge in [0.25, 0.3) is 0 Å². The molecule has 0 aromatic heterocycles. The monoisotopic (exact) mass is 493 g/mol. The third kappa shape index (κ3) is 4.69. The summed E-state index contributed by atoms with van der Waals surface area (Å²) in [6.45, 7) is 9.03. The van der Waals surface area contributed by atoms with Crippen molar-refractivity contribution in [2.24, 2.45) is 23.2 Å². The fourth-order valence-corrected chi connectivity index (χ4v) is 6.76. The molecule has 1 amide bonds. The van der Waals surface area contributed by atoms with Crippen LogP contribution in [0.3, 0.4) is 0 Å². The van der Waals surface area contributed by atoms with Crippen LogP contribution in [0.4, 0.5) is 0 Å². The van der Waals surface area contributed by atoms with Crippen LogP contribution < -0.4 is 5.32 Å². The van der Waals surface area contributed by atoms with Gasteiger partial charge in [-0.15, -0.1) is 0 Å². The van der Waals surface area contributed by atoms with Gasteiger partial charge < -0.3 is 20.3 Å². The number of ether oxygens (including phenoxy) is 1. The van der Waals surface area contributed by atoms with Gasteiger partial charge in [0.2, 0.25) is 5.91 Å². The Morgan fingerprint density at radius 2 is 1.86 bits per heavy atom. The molecule has 1 fully saturated rings. The summed E-state index contributed by atoms with van der Waals surface area (Å²) < 4.78 is 5.89. The Labute approximate surface area is 214 Å². The van der Waals surface area contributed by atoms with Crippen LogP contribution in [0.25, 0.3) is 0 Å². The summed E-state index contributed by atoms with van der Waals surface area (Å²) in [6.07, 6.45) is 7.26. The summed E-state index contributed by atoms with van der Waals surface area (Å²) in [7, 11) is 0. The lowest BCUT2D eigenvalue weighted by atomic mass is 9.54. The van der Waals surface area contributed by atoms with Gasteiger partial charge in [-0.1, -0.05) is 61.1 Å². The number of esters is 1. The van der Waals surface area contributed by atoms with E-state index in [-0.39, 0.29) is 23.8 Å². The molecule has 1 spiro atoms. The minimum atomic E-state index is -1.26. The van der Waals surface area contributed by atoms with E-state index in [4.69, 9.17) is 4.74 Å². The number of carbonyl (C=O) groups is 2. The number of nitrogens with one attached hydrogen (secondary N) is 1. The van der Waals surface area contributed by atoms with Gasteiger partial charge in [0.05, 0.1) is 11.7 Å². The molecule has 1 saturated heterocycles. The Hall–Kier alpha value is -2.70. The summed E-state index contributed by atoms with van der Waals surface area (Å²) in [6, 6.07) is 9.76. The minimum Gasteiger partial charge on any atom is -0.457 e. The van der Waals surface area contributed by atoms with Gasteiger partial charge in [-0.05, 0) is 63.2 Å². The van der Waals surface area contributed by atoms with Gasteiger partial charge >= 0.3 is 5.97 Å². The number of amides is 1. The van der Waals surface area contributed by atoms with Crippen molar-refractivity contribution in [1.29, 1.82) is 0 Å². The van der Waals surface area contributed by atoms with Crippen LogP contribution in [-0.2, 0) is 20.7 Å². The molecular weight excluding hydrogens is 454 g/mol. The van der Waals surface area contributed by atoms with Gasteiger partial charge in [0.1, 0.15) is 11.5 Å². The molecule has 1 heterocycles. The van der Waals surface area contributed by atoms with Crippen molar-refractivity contribution in [1.82, 2.24) is 5.32 Å². The molecule has 36 heavy (non-hydrogen) atoms. The number of aliphatic hydroxyl groups excluding tert-OH is 1. The zero-order chi connectivity index (χ0) is 26.3. The molecule has 3 aliphatic rings. The third-order valence-corrected chi connectivity index (χ3v) is 8.39. The van der Waals surface area contributed by atoms with Crippen LogP contribution in [-0.4, -0.2) is 45.9 Å². The Balaban J connectivity index is 1.94. The number of aliphatic hydroxyl groups is 2. The SMILES string of the molecule is CC(=O)OC1/C=C/C(C)(O)CC(C)C/C=C/C2C(O)C(C)=C(C)C3C(Cc4ccccc4)NC(=O)C123. The molecule has 3 N–H and O–H groups in total. The van der Waals surface area contributed by atoms with Gasteiger partial charge in [0.15, 0.2) is 0 Å². The molecule has 8 unspecified atom stereocenters. The summed E-state index contributed by atoms with van der Waals surface area (Å²) >= 11 is 0. The third-order valence-electron chi connectivity index (χ3n) is 8.39. The summed E-state index contributed by atoms with van der Waals surface area (Å²) in [5.41, 5.74) is 0.485. The van der Waals surface area contributed by atoms with Crippen LogP contribution in [0.2, 0.25) is 0 Å². The van der Waals surface area contributed by atoms with Crippen molar-refractivity contribution < 1.29 is 24.5 Å². The van der Waals surface area contributed by atoms with E-state index in [1.165, 1.54) is 6.92 Å². The average Bonchev–Trinajstić information content (AvgIpc) is 3.08. The van der Waals surface area contributed by atoms with Crippen LogP contribution >= 0.6 is 0 Å².